The van der Waals surface area contributed by atoms with Crippen molar-refractivity contribution in [2.45, 2.75) is 39.4 Å². The molecule has 0 fully saturated rings. The third-order valence-corrected chi connectivity index (χ3v) is 5.17. The molecule has 0 atom stereocenters. The molecule has 3 aromatic rings. The summed E-state index contributed by atoms with van der Waals surface area (Å²) in [5.41, 5.74) is 5.02. The van der Waals surface area contributed by atoms with Crippen molar-refractivity contribution >= 4 is 10.9 Å². The van der Waals surface area contributed by atoms with E-state index < -0.39 is 0 Å². The number of rotatable bonds is 3. The largest absolute Gasteiger partial charge is 0.339 e. The number of benzene rings is 2. The van der Waals surface area contributed by atoms with Gasteiger partial charge in [0.15, 0.2) is 0 Å². The molecule has 1 aliphatic rings. The highest BCUT2D eigenvalue weighted by atomic mass is 19.1. The zero-order chi connectivity index (χ0) is 16.7. The van der Waals surface area contributed by atoms with E-state index in [-0.39, 0.29) is 5.82 Å². The molecule has 0 saturated carbocycles. The molecule has 0 amide bonds. The van der Waals surface area contributed by atoms with Gasteiger partial charge >= 0.3 is 0 Å². The maximum Gasteiger partial charge on any atom is 0.125 e. The molecule has 0 bridgehead atoms. The summed E-state index contributed by atoms with van der Waals surface area (Å²) in [4.78, 5) is 2.50. The van der Waals surface area contributed by atoms with Crippen molar-refractivity contribution in [3.63, 3.8) is 0 Å². The van der Waals surface area contributed by atoms with E-state index in [2.05, 4.69) is 47.6 Å². The van der Waals surface area contributed by atoms with E-state index in [9.17, 15) is 4.39 Å². The summed E-state index contributed by atoms with van der Waals surface area (Å²) in [6.45, 7) is 7.30. The molecule has 4 rings (SSSR count). The van der Waals surface area contributed by atoms with Crippen molar-refractivity contribution in [2.75, 3.05) is 6.54 Å². The summed E-state index contributed by atoms with van der Waals surface area (Å²) in [5, 5.41) is 1.21. The smallest absolute Gasteiger partial charge is 0.125 e. The third kappa shape index (κ3) is 2.63. The molecular formula is C21H23FN2. The van der Waals surface area contributed by atoms with Crippen molar-refractivity contribution in [3.05, 3.63) is 71.2 Å². The van der Waals surface area contributed by atoms with Crippen LogP contribution in [-0.2, 0) is 19.5 Å². The number of fused-ring (bicyclic) bond motifs is 3. The lowest BCUT2D eigenvalue weighted by molar-refractivity contribution is 0.198. The van der Waals surface area contributed by atoms with Crippen molar-refractivity contribution in [2.24, 2.45) is 0 Å². The molecule has 0 saturated heterocycles. The fourth-order valence-corrected chi connectivity index (χ4v) is 3.82. The lowest BCUT2D eigenvalue weighted by Crippen LogP contribution is -2.36. The van der Waals surface area contributed by atoms with Crippen LogP contribution in [0.25, 0.3) is 10.9 Å². The first-order valence-electron chi connectivity index (χ1n) is 8.71. The maximum atomic E-state index is 13.9. The van der Waals surface area contributed by atoms with Gasteiger partial charge in [-0.1, -0.05) is 30.3 Å². The summed E-state index contributed by atoms with van der Waals surface area (Å²) in [6.07, 6.45) is 1.04. The first-order valence-corrected chi connectivity index (χ1v) is 8.71. The number of hydrogen-bond donors (Lipinski definition) is 0. The second-order valence-electron chi connectivity index (χ2n) is 6.97. The summed E-state index contributed by atoms with van der Waals surface area (Å²) in [6, 6.07) is 16.2. The highest BCUT2D eigenvalue weighted by molar-refractivity contribution is 5.86. The Labute approximate surface area is 142 Å². The van der Waals surface area contributed by atoms with Crippen LogP contribution in [-0.4, -0.2) is 22.1 Å². The highest BCUT2D eigenvalue weighted by Gasteiger charge is 2.25. The van der Waals surface area contributed by atoms with Gasteiger partial charge in [0.25, 0.3) is 0 Å². The zero-order valence-electron chi connectivity index (χ0n) is 14.3. The van der Waals surface area contributed by atoms with Crippen LogP contribution in [0.5, 0.6) is 0 Å². The van der Waals surface area contributed by atoms with Crippen LogP contribution in [0, 0.1) is 5.82 Å². The van der Waals surface area contributed by atoms with E-state index in [1.807, 2.05) is 12.1 Å². The Morgan fingerprint density at radius 2 is 1.88 bits per heavy atom. The average molecular weight is 322 g/mol. The molecule has 3 heteroatoms. The van der Waals surface area contributed by atoms with Crippen LogP contribution < -0.4 is 0 Å². The van der Waals surface area contributed by atoms with E-state index in [0.29, 0.717) is 6.04 Å². The van der Waals surface area contributed by atoms with Crippen LogP contribution >= 0.6 is 0 Å². The van der Waals surface area contributed by atoms with E-state index in [0.717, 1.165) is 31.6 Å². The van der Waals surface area contributed by atoms with Gasteiger partial charge in [-0.05, 0) is 49.6 Å². The van der Waals surface area contributed by atoms with Crippen LogP contribution in [0.3, 0.4) is 0 Å². The lowest BCUT2D eigenvalue weighted by atomic mass is 10.0. The minimum atomic E-state index is -0.160. The number of nitrogens with zero attached hydrogens (tertiary/aromatic N) is 2. The van der Waals surface area contributed by atoms with Gasteiger partial charge in [-0.2, -0.15) is 0 Å². The van der Waals surface area contributed by atoms with Crippen molar-refractivity contribution < 1.29 is 4.39 Å². The Bertz CT molecular complexity index is 864. The van der Waals surface area contributed by atoms with Gasteiger partial charge in [0, 0.05) is 36.8 Å². The first kappa shape index (κ1) is 15.4. The monoisotopic (exact) mass is 322 g/mol. The van der Waals surface area contributed by atoms with Crippen molar-refractivity contribution in [1.29, 1.82) is 0 Å². The number of hydrogen-bond acceptors (Lipinski definition) is 1. The van der Waals surface area contributed by atoms with Crippen LogP contribution in [0.15, 0.2) is 48.5 Å². The van der Waals surface area contributed by atoms with Gasteiger partial charge in [0.05, 0.1) is 5.52 Å². The van der Waals surface area contributed by atoms with Gasteiger partial charge in [-0.3, -0.25) is 4.90 Å². The van der Waals surface area contributed by atoms with E-state index in [1.54, 1.807) is 12.1 Å². The average Bonchev–Trinajstić information content (AvgIpc) is 2.88. The first-order chi connectivity index (χ1) is 11.6. The molecular weight excluding hydrogens is 299 g/mol. The van der Waals surface area contributed by atoms with Gasteiger partial charge < -0.3 is 4.57 Å². The number of aromatic nitrogens is 1. The molecule has 0 spiro atoms. The summed E-state index contributed by atoms with van der Waals surface area (Å²) in [5.74, 6) is -0.160. The third-order valence-electron chi connectivity index (χ3n) is 5.17. The quantitative estimate of drug-likeness (QED) is 0.684. The molecule has 2 heterocycles. The Kier molecular flexibility index (Phi) is 3.89. The normalized spacial score (nSPS) is 15.2. The van der Waals surface area contributed by atoms with Gasteiger partial charge in [0.2, 0.25) is 0 Å². The Hall–Kier alpha value is -2.13. The van der Waals surface area contributed by atoms with Crippen LogP contribution in [0.4, 0.5) is 4.39 Å². The second-order valence-corrected chi connectivity index (χ2v) is 6.97. The molecule has 1 aromatic heterocycles. The zero-order valence-corrected chi connectivity index (χ0v) is 14.3. The molecule has 0 radical (unpaired) electrons. The summed E-state index contributed by atoms with van der Waals surface area (Å²) >= 11 is 0. The highest BCUT2D eigenvalue weighted by Crippen LogP contribution is 2.32. The summed E-state index contributed by atoms with van der Waals surface area (Å²) in [7, 11) is 0. The molecule has 2 nitrogen and oxygen atoms in total. The maximum absolute atomic E-state index is 13.9. The predicted molar refractivity (Wildman–Crippen MR) is 96.7 cm³/mol. The van der Waals surface area contributed by atoms with E-state index in [1.165, 1.54) is 22.2 Å². The Balaban J connectivity index is 1.87. The SMILES string of the molecule is CC(C)N1CCc2c(n(Cc3ccccc3)c3cc(F)ccc23)C1. The number of halogens is 1. The minimum Gasteiger partial charge on any atom is -0.339 e. The Morgan fingerprint density at radius 3 is 2.62 bits per heavy atom. The summed E-state index contributed by atoms with van der Waals surface area (Å²) < 4.78 is 16.2. The van der Waals surface area contributed by atoms with Gasteiger partial charge in [0.1, 0.15) is 5.82 Å². The van der Waals surface area contributed by atoms with Crippen LogP contribution in [0.2, 0.25) is 0 Å². The van der Waals surface area contributed by atoms with E-state index >= 15 is 0 Å². The second kappa shape index (κ2) is 6.06. The van der Waals surface area contributed by atoms with Crippen molar-refractivity contribution in [3.8, 4) is 0 Å². The molecule has 0 aliphatic carbocycles. The standard InChI is InChI=1S/C21H23FN2/c1-15(2)23-11-10-19-18-9-8-17(22)12-20(18)24(21(19)14-23)13-16-6-4-3-5-7-16/h3-9,12,15H,10-11,13-14H2,1-2H3. The molecule has 124 valence electrons. The van der Waals surface area contributed by atoms with E-state index in [4.69, 9.17) is 0 Å². The minimum absolute atomic E-state index is 0.160. The topological polar surface area (TPSA) is 8.17 Å². The molecule has 2 aromatic carbocycles. The lowest BCUT2D eigenvalue weighted by Gasteiger charge is -2.31. The van der Waals surface area contributed by atoms with Gasteiger partial charge in [-0.15, -0.1) is 0 Å². The molecule has 0 N–H and O–H groups in total. The fourth-order valence-electron chi connectivity index (χ4n) is 3.82. The predicted octanol–water partition coefficient (Wildman–Crippen LogP) is 4.60. The molecule has 1 aliphatic heterocycles. The Morgan fingerprint density at radius 1 is 1.08 bits per heavy atom. The van der Waals surface area contributed by atoms with Gasteiger partial charge in [-0.25, -0.2) is 4.39 Å². The van der Waals surface area contributed by atoms with Crippen molar-refractivity contribution in [1.82, 2.24) is 9.47 Å². The molecule has 24 heavy (non-hydrogen) atoms. The van der Waals surface area contributed by atoms with Crippen LogP contribution in [0.1, 0.15) is 30.7 Å². The molecule has 0 unspecified atom stereocenters. The fraction of sp³-hybridized carbons (Fsp3) is 0.333.